The first-order valence-electron chi connectivity index (χ1n) is 18.5. The van der Waals surface area contributed by atoms with Gasteiger partial charge >= 0.3 is 0 Å². The fourth-order valence-electron chi connectivity index (χ4n) is 8.53. The van der Waals surface area contributed by atoms with Crippen LogP contribution in [0.5, 0.6) is 0 Å². The van der Waals surface area contributed by atoms with Gasteiger partial charge in [0.05, 0.1) is 16.8 Å². The molecular formula is C52H33NO. The summed E-state index contributed by atoms with van der Waals surface area (Å²) in [5.41, 5.74) is 9.73. The number of nitrogens with zero attached hydrogens (tertiary/aromatic N) is 1. The lowest BCUT2D eigenvalue weighted by molar-refractivity contribution is 0.669. The second kappa shape index (κ2) is 12.2. The number of para-hydroxylation sites is 1. The summed E-state index contributed by atoms with van der Waals surface area (Å²) in [5, 5.41) is 12.2. The van der Waals surface area contributed by atoms with Crippen molar-refractivity contribution in [3.63, 3.8) is 0 Å². The zero-order valence-electron chi connectivity index (χ0n) is 29.4. The van der Waals surface area contributed by atoms with Gasteiger partial charge in [0.15, 0.2) is 0 Å². The topological polar surface area (TPSA) is 16.4 Å². The van der Waals surface area contributed by atoms with Gasteiger partial charge in [-0.2, -0.15) is 0 Å². The molecule has 0 atom stereocenters. The average molecular weight is 688 g/mol. The lowest BCUT2D eigenvalue weighted by atomic mass is 9.90. The highest BCUT2D eigenvalue weighted by Crippen LogP contribution is 2.47. The van der Waals surface area contributed by atoms with Crippen LogP contribution >= 0.6 is 0 Å². The van der Waals surface area contributed by atoms with E-state index in [0.717, 1.165) is 44.6 Å². The van der Waals surface area contributed by atoms with Gasteiger partial charge in [-0.3, -0.25) is 0 Å². The van der Waals surface area contributed by atoms with Gasteiger partial charge in [0.25, 0.3) is 0 Å². The molecule has 0 bridgehead atoms. The molecule has 0 saturated heterocycles. The molecule has 11 aromatic rings. The standard InChI is InChI=1S/C52H33NO/c1-2-13-34(14-3-1)41-18-10-11-22-47(41)53(48-23-12-24-49-52(48)46-31-37-16-4-5-17-38(37)33-50(46)54-49)40-29-27-36(28-30-40)45-32-39-26-25-35-15-6-7-19-42(35)51(39)44-21-9-8-20-43(44)45/h1-33H. The zero-order chi connectivity index (χ0) is 35.6. The fourth-order valence-corrected chi connectivity index (χ4v) is 8.53. The van der Waals surface area contributed by atoms with E-state index in [1.54, 1.807) is 0 Å². The summed E-state index contributed by atoms with van der Waals surface area (Å²) in [6.07, 6.45) is 0. The number of rotatable bonds is 5. The predicted octanol–water partition coefficient (Wildman–Crippen LogP) is 15.0. The molecule has 0 amide bonds. The molecule has 1 heterocycles. The van der Waals surface area contributed by atoms with Crippen LogP contribution in [0, 0.1) is 0 Å². The highest BCUT2D eigenvalue weighted by atomic mass is 16.3. The largest absolute Gasteiger partial charge is 0.456 e. The molecule has 1 aromatic heterocycles. The van der Waals surface area contributed by atoms with Gasteiger partial charge in [-0.25, -0.2) is 0 Å². The molecule has 2 nitrogen and oxygen atoms in total. The highest BCUT2D eigenvalue weighted by molar-refractivity contribution is 6.23. The van der Waals surface area contributed by atoms with Crippen molar-refractivity contribution in [1.82, 2.24) is 0 Å². The molecule has 54 heavy (non-hydrogen) atoms. The van der Waals surface area contributed by atoms with Crippen molar-refractivity contribution in [3.8, 4) is 22.3 Å². The molecule has 10 aromatic carbocycles. The van der Waals surface area contributed by atoms with Crippen molar-refractivity contribution in [1.29, 1.82) is 0 Å². The fraction of sp³-hybridized carbons (Fsp3) is 0. The van der Waals surface area contributed by atoms with Gasteiger partial charge < -0.3 is 9.32 Å². The lowest BCUT2D eigenvalue weighted by Crippen LogP contribution is -2.11. The molecule has 252 valence electrons. The van der Waals surface area contributed by atoms with Crippen molar-refractivity contribution in [3.05, 3.63) is 200 Å². The van der Waals surface area contributed by atoms with E-state index in [0.29, 0.717) is 0 Å². The molecule has 2 heteroatoms. The van der Waals surface area contributed by atoms with Gasteiger partial charge in [0.2, 0.25) is 0 Å². The number of hydrogen-bond donors (Lipinski definition) is 0. The monoisotopic (exact) mass is 687 g/mol. The molecule has 0 saturated carbocycles. The molecule has 0 unspecified atom stereocenters. The Bertz CT molecular complexity index is 3210. The van der Waals surface area contributed by atoms with E-state index in [4.69, 9.17) is 4.42 Å². The molecular weight excluding hydrogens is 655 g/mol. The van der Waals surface area contributed by atoms with Crippen LogP contribution in [0.1, 0.15) is 0 Å². The Labute approximate surface area is 312 Å². The summed E-state index contributed by atoms with van der Waals surface area (Å²) >= 11 is 0. The maximum atomic E-state index is 6.59. The van der Waals surface area contributed by atoms with E-state index in [2.05, 4.69) is 205 Å². The van der Waals surface area contributed by atoms with Crippen LogP contribution < -0.4 is 4.90 Å². The molecule has 0 N–H and O–H groups in total. The Balaban J connectivity index is 1.14. The Hall–Kier alpha value is -7.16. The molecule has 0 spiro atoms. The lowest BCUT2D eigenvalue weighted by Gasteiger charge is -2.28. The summed E-state index contributed by atoms with van der Waals surface area (Å²) < 4.78 is 6.59. The van der Waals surface area contributed by atoms with Gasteiger partial charge in [0.1, 0.15) is 11.2 Å². The summed E-state index contributed by atoms with van der Waals surface area (Å²) in [6, 6.07) is 72.3. The molecule has 0 aliphatic heterocycles. The third kappa shape index (κ3) is 4.81. The minimum atomic E-state index is 0.867. The van der Waals surface area contributed by atoms with E-state index in [1.165, 1.54) is 59.8 Å². The quantitative estimate of drug-likeness (QED) is 0.168. The van der Waals surface area contributed by atoms with Crippen molar-refractivity contribution >= 4 is 82.1 Å². The van der Waals surface area contributed by atoms with Gasteiger partial charge in [-0.05, 0) is 108 Å². The Morgan fingerprint density at radius 3 is 1.78 bits per heavy atom. The van der Waals surface area contributed by atoms with Crippen LogP contribution in [0.15, 0.2) is 205 Å². The van der Waals surface area contributed by atoms with Gasteiger partial charge in [-0.1, -0.05) is 152 Å². The summed E-state index contributed by atoms with van der Waals surface area (Å²) in [5.74, 6) is 0. The van der Waals surface area contributed by atoms with Crippen molar-refractivity contribution in [2.24, 2.45) is 0 Å². The number of furan rings is 1. The Morgan fingerprint density at radius 1 is 0.315 bits per heavy atom. The molecule has 0 radical (unpaired) electrons. The second-order valence-corrected chi connectivity index (χ2v) is 14.1. The highest BCUT2D eigenvalue weighted by Gasteiger charge is 2.22. The smallest absolute Gasteiger partial charge is 0.137 e. The number of fused-ring (bicyclic) bond motifs is 9. The third-order valence-corrected chi connectivity index (χ3v) is 11.0. The molecule has 0 fully saturated rings. The van der Waals surface area contributed by atoms with E-state index in [1.807, 2.05) is 0 Å². The zero-order valence-corrected chi connectivity index (χ0v) is 29.4. The van der Waals surface area contributed by atoms with E-state index in [-0.39, 0.29) is 0 Å². The Morgan fingerprint density at radius 2 is 0.944 bits per heavy atom. The number of benzene rings is 10. The SMILES string of the molecule is c1ccc(-c2ccccc2N(c2ccc(-c3cc4ccc5ccccc5c4c4ccccc34)cc2)c2cccc3oc4cc5ccccc5cc4c23)cc1. The molecule has 0 aliphatic carbocycles. The van der Waals surface area contributed by atoms with E-state index >= 15 is 0 Å². The summed E-state index contributed by atoms with van der Waals surface area (Å²) in [7, 11) is 0. The van der Waals surface area contributed by atoms with Crippen LogP contribution in [0.25, 0.3) is 87.3 Å². The average Bonchev–Trinajstić information content (AvgIpc) is 3.61. The van der Waals surface area contributed by atoms with Crippen LogP contribution in [0.3, 0.4) is 0 Å². The van der Waals surface area contributed by atoms with E-state index in [9.17, 15) is 0 Å². The van der Waals surface area contributed by atoms with Crippen molar-refractivity contribution in [2.45, 2.75) is 0 Å². The maximum Gasteiger partial charge on any atom is 0.137 e. The van der Waals surface area contributed by atoms with Crippen LogP contribution in [0.2, 0.25) is 0 Å². The first-order chi connectivity index (χ1) is 26.8. The van der Waals surface area contributed by atoms with Gasteiger partial charge in [0, 0.05) is 16.6 Å². The summed E-state index contributed by atoms with van der Waals surface area (Å²) in [6.45, 7) is 0. The van der Waals surface area contributed by atoms with Gasteiger partial charge in [-0.15, -0.1) is 0 Å². The number of anilines is 3. The molecule has 0 aliphatic rings. The minimum absolute atomic E-state index is 0.867. The first-order valence-corrected chi connectivity index (χ1v) is 18.5. The normalized spacial score (nSPS) is 11.7. The summed E-state index contributed by atoms with van der Waals surface area (Å²) in [4.78, 5) is 2.41. The first kappa shape index (κ1) is 30.5. The van der Waals surface area contributed by atoms with Crippen LogP contribution in [-0.2, 0) is 0 Å². The van der Waals surface area contributed by atoms with Crippen LogP contribution in [-0.4, -0.2) is 0 Å². The van der Waals surface area contributed by atoms with Crippen LogP contribution in [0.4, 0.5) is 17.1 Å². The predicted molar refractivity (Wildman–Crippen MR) is 229 cm³/mol. The third-order valence-electron chi connectivity index (χ3n) is 11.0. The minimum Gasteiger partial charge on any atom is -0.456 e. The number of hydrogen-bond acceptors (Lipinski definition) is 2. The maximum absolute atomic E-state index is 6.59. The van der Waals surface area contributed by atoms with Crippen molar-refractivity contribution < 1.29 is 4.42 Å². The van der Waals surface area contributed by atoms with Crippen molar-refractivity contribution in [2.75, 3.05) is 4.90 Å². The second-order valence-electron chi connectivity index (χ2n) is 14.1. The Kier molecular flexibility index (Phi) is 6.90. The molecule has 11 rings (SSSR count). The van der Waals surface area contributed by atoms with E-state index < -0.39 is 0 Å².